The van der Waals surface area contributed by atoms with Crippen molar-refractivity contribution < 1.29 is 4.42 Å². The van der Waals surface area contributed by atoms with E-state index in [1.165, 1.54) is 55.6 Å². The molecule has 12 rings (SSSR count). The Kier molecular flexibility index (Phi) is 7.22. The first-order valence-corrected chi connectivity index (χ1v) is 20.4. The van der Waals surface area contributed by atoms with Gasteiger partial charge in [-0.3, -0.25) is 0 Å². The van der Waals surface area contributed by atoms with Gasteiger partial charge in [-0.25, -0.2) is 0 Å². The van der Waals surface area contributed by atoms with E-state index in [0.717, 1.165) is 56.5 Å². The molecule has 274 valence electrons. The van der Waals surface area contributed by atoms with Crippen LogP contribution in [0.5, 0.6) is 0 Å². The monoisotopic (exact) mass is 741 g/mol. The number of nitrogens with zero attached hydrogens (tertiary/aromatic N) is 1. The standard InChI is InChI=1S/C56H39NO/c1-36-12-10-13-39(34-36)37-24-28-40(29-25-37)57(41-30-26-38(27-31-41)43-18-11-19-49-48-17-5-9-23-54(48)58-55(43)49)42-32-33-47-46-16-4-8-22-52(46)56(53(47)35-42)50-20-6-2-14-44(50)45-15-3-7-21-51(45)56/h2-33,35-36H,34H2,1H3. The van der Waals surface area contributed by atoms with Crippen molar-refractivity contribution in [1.82, 2.24) is 0 Å². The van der Waals surface area contributed by atoms with E-state index < -0.39 is 5.41 Å². The minimum atomic E-state index is -0.419. The zero-order valence-electron chi connectivity index (χ0n) is 32.2. The highest BCUT2D eigenvalue weighted by Crippen LogP contribution is 2.63. The Labute approximate surface area is 338 Å². The van der Waals surface area contributed by atoms with Gasteiger partial charge in [-0.1, -0.05) is 165 Å². The van der Waals surface area contributed by atoms with Gasteiger partial charge in [0, 0.05) is 33.4 Å². The van der Waals surface area contributed by atoms with E-state index >= 15 is 0 Å². The summed E-state index contributed by atoms with van der Waals surface area (Å²) in [6, 6.07) is 67.2. The van der Waals surface area contributed by atoms with Gasteiger partial charge < -0.3 is 9.32 Å². The Morgan fingerprint density at radius 3 is 1.67 bits per heavy atom. The Bertz CT molecular complexity index is 3100. The minimum Gasteiger partial charge on any atom is -0.455 e. The third kappa shape index (κ3) is 4.72. The second-order valence-electron chi connectivity index (χ2n) is 16.1. The molecule has 1 aromatic heterocycles. The molecule has 0 saturated heterocycles. The van der Waals surface area contributed by atoms with Crippen LogP contribution in [0.4, 0.5) is 17.1 Å². The van der Waals surface area contributed by atoms with Crippen LogP contribution in [0.3, 0.4) is 0 Å². The maximum Gasteiger partial charge on any atom is 0.143 e. The molecule has 8 aromatic carbocycles. The van der Waals surface area contributed by atoms with Gasteiger partial charge in [-0.15, -0.1) is 0 Å². The van der Waals surface area contributed by atoms with Crippen molar-refractivity contribution in [1.29, 1.82) is 0 Å². The fourth-order valence-electron chi connectivity index (χ4n) is 10.3. The van der Waals surface area contributed by atoms with Crippen LogP contribution in [0.15, 0.2) is 205 Å². The van der Waals surface area contributed by atoms with Gasteiger partial charge >= 0.3 is 0 Å². The molecule has 3 aliphatic rings. The Hall–Kier alpha value is -7.16. The molecule has 0 saturated carbocycles. The van der Waals surface area contributed by atoms with Crippen molar-refractivity contribution in [3.63, 3.8) is 0 Å². The number of hydrogen-bond acceptors (Lipinski definition) is 2. The second kappa shape index (κ2) is 12.7. The molecule has 0 amide bonds. The summed E-state index contributed by atoms with van der Waals surface area (Å²) in [6.07, 6.45) is 7.81. The minimum absolute atomic E-state index is 0.419. The van der Waals surface area contributed by atoms with Gasteiger partial charge in [0.1, 0.15) is 11.2 Å². The highest BCUT2D eigenvalue weighted by Gasteiger charge is 2.51. The zero-order valence-corrected chi connectivity index (χ0v) is 32.2. The van der Waals surface area contributed by atoms with Crippen LogP contribution in [0.25, 0.3) is 60.9 Å². The fourth-order valence-corrected chi connectivity index (χ4v) is 10.3. The third-order valence-electron chi connectivity index (χ3n) is 12.9. The normalized spacial score (nSPS) is 15.6. The summed E-state index contributed by atoms with van der Waals surface area (Å²) in [4.78, 5) is 2.43. The highest BCUT2D eigenvalue weighted by atomic mass is 16.3. The molecule has 0 N–H and O–H groups in total. The molecule has 1 spiro atoms. The topological polar surface area (TPSA) is 16.4 Å². The van der Waals surface area contributed by atoms with Crippen molar-refractivity contribution in [2.45, 2.75) is 18.8 Å². The molecular weight excluding hydrogens is 703 g/mol. The third-order valence-corrected chi connectivity index (χ3v) is 12.9. The van der Waals surface area contributed by atoms with Crippen molar-refractivity contribution in [2.24, 2.45) is 5.92 Å². The van der Waals surface area contributed by atoms with Crippen LogP contribution >= 0.6 is 0 Å². The van der Waals surface area contributed by atoms with Crippen LogP contribution in [-0.4, -0.2) is 0 Å². The van der Waals surface area contributed by atoms with Gasteiger partial charge in [-0.05, 0) is 116 Å². The Balaban J connectivity index is 1.04. The molecule has 1 atom stereocenters. The average Bonchev–Trinajstić information content (AvgIpc) is 3.91. The maximum absolute atomic E-state index is 6.47. The lowest BCUT2D eigenvalue weighted by Crippen LogP contribution is -2.26. The molecule has 0 radical (unpaired) electrons. The lowest BCUT2D eigenvalue weighted by Gasteiger charge is -2.32. The Morgan fingerprint density at radius 1 is 0.483 bits per heavy atom. The number of allylic oxidation sites excluding steroid dienone is 4. The summed E-state index contributed by atoms with van der Waals surface area (Å²) >= 11 is 0. The van der Waals surface area contributed by atoms with E-state index in [1.807, 2.05) is 6.07 Å². The van der Waals surface area contributed by atoms with Gasteiger partial charge in [-0.2, -0.15) is 0 Å². The maximum atomic E-state index is 6.47. The molecule has 9 aromatic rings. The van der Waals surface area contributed by atoms with Crippen LogP contribution in [0.1, 0.15) is 41.2 Å². The first-order chi connectivity index (χ1) is 28.7. The molecule has 58 heavy (non-hydrogen) atoms. The second-order valence-corrected chi connectivity index (χ2v) is 16.1. The molecule has 0 aliphatic heterocycles. The van der Waals surface area contributed by atoms with E-state index in [2.05, 4.69) is 206 Å². The number of hydrogen-bond donors (Lipinski definition) is 0. The van der Waals surface area contributed by atoms with E-state index in [4.69, 9.17) is 4.42 Å². The lowest BCUT2D eigenvalue weighted by atomic mass is 9.70. The average molecular weight is 742 g/mol. The van der Waals surface area contributed by atoms with Gasteiger partial charge in [0.05, 0.1) is 5.41 Å². The lowest BCUT2D eigenvalue weighted by molar-refractivity contribution is 0.670. The van der Waals surface area contributed by atoms with Crippen molar-refractivity contribution in [2.75, 3.05) is 4.90 Å². The predicted molar refractivity (Wildman–Crippen MR) is 241 cm³/mol. The summed E-state index contributed by atoms with van der Waals surface area (Å²) in [5, 5.41) is 2.28. The van der Waals surface area contributed by atoms with Crippen LogP contribution in [0.2, 0.25) is 0 Å². The number of anilines is 3. The smallest absolute Gasteiger partial charge is 0.143 e. The Morgan fingerprint density at radius 2 is 1.02 bits per heavy atom. The van der Waals surface area contributed by atoms with Crippen LogP contribution in [0, 0.1) is 5.92 Å². The van der Waals surface area contributed by atoms with E-state index in [0.29, 0.717) is 5.92 Å². The van der Waals surface area contributed by atoms with Gasteiger partial charge in [0.15, 0.2) is 0 Å². The number of para-hydroxylation sites is 2. The first-order valence-electron chi connectivity index (χ1n) is 20.4. The summed E-state index contributed by atoms with van der Waals surface area (Å²) in [7, 11) is 0. The first kappa shape index (κ1) is 33.0. The van der Waals surface area contributed by atoms with E-state index in [1.54, 1.807) is 0 Å². The van der Waals surface area contributed by atoms with Crippen LogP contribution in [-0.2, 0) is 5.41 Å². The quantitative estimate of drug-likeness (QED) is 0.175. The van der Waals surface area contributed by atoms with E-state index in [-0.39, 0.29) is 0 Å². The summed E-state index contributed by atoms with van der Waals surface area (Å²) in [6.45, 7) is 2.29. The SMILES string of the molecule is CC1C=CC=C(c2ccc(N(c3ccc(-c4cccc5c4oc4ccccc45)cc3)c3ccc4c(c3)C3(c5ccccc5-c5ccccc53)c3ccccc3-4)cc2)C1. The molecule has 2 nitrogen and oxygen atoms in total. The predicted octanol–water partition coefficient (Wildman–Crippen LogP) is 15.0. The fraction of sp³-hybridized carbons (Fsp3) is 0.0714. The van der Waals surface area contributed by atoms with Gasteiger partial charge in [0.2, 0.25) is 0 Å². The molecule has 1 unspecified atom stereocenters. The summed E-state index contributed by atoms with van der Waals surface area (Å²) in [5.41, 5.74) is 20.2. The largest absolute Gasteiger partial charge is 0.455 e. The summed E-state index contributed by atoms with van der Waals surface area (Å²) < 4.78 is 6.47. The molecule has 1 heterocycles. The number of furan rings is 1. The molecular formula is C56H39NO. The number of rotatable bonds is 5. The zero-order chi connectivity index (χ0) is 38.4. The van der Waals surface area contributed by atoms with E-state index in [9.17, 15) is 0 Å². The van der Waals surface area contributed by atoms with Crippen molar-refractivity contribution in [3.05, 3.63) is 228 Å². The molecule has 2 heteroatoms. The molecule has 0 bridgehead atoms. The summed E-state index contributed by atoms with van der Waals surface area (Å²) in [5.74, 6) is 0.536. The number of benzene rings is 8. The van der Waals surface area contributed by atoms with Crippen LogP contribution < -0.4 is 4.90 Å². The van der Waals surface area contributed by atoms with Crippen molar-refractivity contribution >= 4 is 44.6 Å². The van der Waals surface area contributed by atoms with Crippen molar-refractivity contribution in [3.8, 4) is 33.4 Å². The molecule has 3 aliphatic carbocycles. The van der Waals surface area contributed by atoms with Gasteiger partial charge in [0.25, 0.3) is 0 Å². The highest BCUT2D eigenvalue weighted by molar-refractivity contribution is 6.09. The molecule has 0 fully saturated rings. The number of fused-ring (bicyclic) bond motifs is 13.